The Labute approximate surface area is 241 Å². The van der Waals surface area contributed by atoms with E-state index in [9.17, 15) is 26.0 Å². The zero-order chi connectivity index (χ0) is 29.1. The van der Waals surface area contributed by atoms with Gasteiger partial charge in [-0.2, -0.15) is 0 Å². The van der Waals surface area contributed by atoms with Crippen molar-refractivity contribution < 1.29 is 26.0 Å². The Morgan fingerprint density at radius 3 is 2.00 bits per heavy atom. The topological polar surface area (TPSA) is 121 Å². The minimum Gasteiger partial charge on any atom is -0.375 e. The van der Waals surface area contributed by atoms with Crippen LogP contribution in [-0.2, 0) is 24.7 Å². The second kappa shape index (κ2) is 11.8. The summed E-state index contributed by atoms with van der Waals surface area (Å²) in [7, 11) is -8.00. The third-order valence-corrected chi connectivity index (χ3v) is 9.49. The molecular weight excluding hydrogens is 600 g/mol. The Hall–Kier alpha value is -3.64. The van der Waals surface area contributed by atoms with E-state index < -0.39 is 31.6 Å². The SMILES string of the molecule is Cc1ccc(S(=O)(=O)c2c(Cl)cc(Cl)cc2NCC(=O)Nc2ccc(S(=O)(=O)Nc3ccc(F)cc3)cc2)cc1. The van der Waals surface area contributed by atoms with Gasteiger partial charge in [0, 0.05) is 16.4 Å². The van der Waals surface area contributed by atoms with Gasteiger partial charge in [0.25, 0.3) is 10.0 Å². The van der Waals surface area contributed by atoms with Gasteiger partial charge in [-0.05, 0) is 79.7 Å². The number of nitrogens with one attached hydrogen (secondary N) is 3. The molecule has 0 saturated carbocycles. The van der Waals surface area contributed by atoms with Crippen molar-refractivity contribution in [1.29, 1.82) is 0 Å². The molecule has 0 spiro atoms. The average Bonchev–Trinajstić information content (AvgIpc) is 2.89. The summed E-state index contributed by atoms with van der Waals surface area (Å²) in [4.78, 5) is 12.4. The molecule has 0 aliphatic heterocycles. The molecule has 0 aliphatic carbocycles. The molecule has 0 fully saturated rings. The predicted molar refractivity (Wildman–Crippen MR) is 154 cm³/mol. The summed E-state index contributed by atoms with van der Waals surface area (Å²) in [6, 6.07) is 19.1. The molecule has 0 unspecified atom stereocenters. The lowest BCUT2D eigenvalue weighted by atomic mass is 10.2. The first kappa shape index (κ1) is 29.3. The molecule has 4 aromatic carbocycles. The number of sulfonamides is 1. The maximum Gasteiger partial charge on any atom is 0.261 e. The number of rotatable bonds is 9. The predicted octanol–water partition coefficient (Wildman–Crippen LogP) is 6.13. The second-order valence-electron chi connectivity index (χ2n) is 8.62. The molecule has 0 bridgehead atoms. The highest BCUT2D eigenvalue weighted by atomic mass is 35.5. The van der Waals surface area contributed by atoms with Crippen molar-refractivity contribution >= 4 is 66.0 Å². The number of hydrogen-bond acceptors (Lipinski definition) is 6. The van der Waals surface area contributed by atoms with Crippen molar-refractivity contribution in [3.63, 3.8) is 0 Å². The van der Waals surface area contributed by atoms with E-state index in [1.54, 1.807) is 12.1 Å². The molecule has 208 valence electrons. The van der Waals surface area contributed by atoms with E-state index in [1.165, 1.54) is 60.7 Å². The first-order valence-electron chi connectivity index (χ1n) is 11.6. The fraction of sp³-hybridized carbons (Fsp3) is 0.0741. The van der Waals surface area contributed by atoms with Crippen molar-refractivity contribution in [3.05, 3.63) is 106 Å². The molecule has 0 heterocycles. The van der Waals surface area contributed by atoms with Crippen LogP contribution < -0.4 is 15.4 Å². The lowest BCUT2D eigenvalue weighted by Gasteiger charge is -2.15. The molecule has 0 radical (unpaired) electrons. The minimum atomic E-state index is -4.05. The van der Waals surface area contributed by atoms with Crippen molar-refractivity contribution in [1.82, 2.24) is 0 Å². The van der Waals surface area contributed by atoms with Gasteiger partial charge in [0.05, 0.1) is 27.0 Å². The molecule has 4 aromatic rings. The summed E-state index contributed by atoms with van der Waals surface area (Å²) >= 11 is 12.4. The first-order chi connectivity index (χ1) is 18.8. The van der Waals surface area contributed by atoms with Crippen LogP contribution in [0.15, 0.2) is 99.6 Å². The van der Waals surface area contributed by atoms with E-state index >= 15 is 0 Å². The van der Waals surface area contributed by atoms with Gasteiger partial charge >= 0.3 is 0 Å². The summed E-state index contributed by atoms with van der Waals surface area (Å²) in [6.45, 7) is 1.48. The van der Waals surface area contributed by atoms with Gasteiger partial charge in [-0.15, -0.1) is 0 Å². The zero-order valence-corrected chi connectivity index (χ0v) is 23.9. The Kier molecular flexibility index (Phi) is 8.69. The van der Waals surface area contributed by atoms with Crippen molar-refractivity contribution in [2.24, 2.45) is 0 Å². The van der Waals surface area contributed by atoms with Crippen LogP contribution in [0.3, 0.4) is 0 Å². The molecule has 0 atom stereocenters. The highest BCUT2D eigenvalue weighted by molar-refractivity contribution is 7.92. The van der Waals surface area contributed by atoms with E-state index in [1.807, 2.05) is 6.92 Å². The van der Waals surface area contributed by atoms with Crippen LogP contribution in [0.4, 0.5) is 21.5 Å². The maximum absolute atomic E-state index is 13.3. The van der Waals surface area contributed by atoms with E-state index in [-0.39, 0.29) is 42.7 Å². The molecule has 40 heavy (non-hydrogen) atoms. The molecular formula is C27H22Cl2FN3O5S2. The number of carbonyl (C=O) groups is 1. The molecule has 8 nitrogen and oxygen atoms in total. The standard InChI is InChI=1S/C27H22Cl2FN3O5S2/c1-17-2-10-22(11-3-17)39(35,36)27-24(29)14-18(28)15-25(27)31-16-26(34)32-20-8-12-23(13-9-20)40(37,38)33-21-6-4-19(30)5-7-21/h2-15,31,33H,16H2,1H3,(H,32,34). The number of amides is 1. The molecule has 0 aromatic heterocycles. The normalized spacial score (nSPS) is 11.6. The van der Waals surface area contributed by atoms with Gasteiger partial charge in [0.1, 0.15) is 10.7 Å². The number of hydrogen-bond donors (Lipinski definition) is 3. The Bertz CT molecular complexity index is 1770. The fourth-order valence-electron chi connectivity index (χ4n) is 3.63. The number of carbonyl (C=O) groups excluding carboxylic acids is 1. The van der Waals surface area contributed by atoms with Crippen LogP contribution in [0, 0.1) is 12.7 Å². The van der Waals surface area contributed by atoms with E-state index in [2.05, 4.69) is 15.4 Å². The highest BCUT2D eigenvalue weighted by Gasteiger charge is 2.26. The molecule has 3 N–H and O–H groups in total. The summed E-state index contributed by atoms with van der Waals surface area (Å²) in [5.41, 5.74) is 1.41. The Morgan fingerprint density at radius 1 is 0.800 bits per heavy atom. The largest absolute Gasteiger partial charge is 0.375 e. The van der Waals surface area contributed by atoms with Gasteiger partial charge in [0.15, 0.2) is 0 Å². The average molecular weight is 623 g/mol. The lowest BCUT2D eigenvalue weighted by Crippen LogP contribution is -2.23. The fourth-order valence-corrected chi connectivity index (χ4v) is 6.95. The minimum absolute atomic E-state index is 0.0267. The van der Waals surface area contributed by atoms with Gasteiger partial charge in [0.2, 0.25) is 15.7 Å². The van der Waals surface area contributed by atoms with Gasteiger partial charge in [-0.3, -0.25) is 9.52 Å². The number of sulfone groups is 1. The number of aryl methyl sites for hydroxylation is 1. The first-order valence-corrected chi connectivity index (χ1v) is 15.3. The van der Waals surface area contributed by atoms with E-state index in [4.69, 9.17) is 23.2 Å². The zero-order valence-electron chi connectivity index (χ0n) is 20.8. The van der Waals surface area contributed by atoms with Crippen molar-refractivity contribution in [2.75, 3.05) is 21.9 Å². The van der Waals surface area contributed by atoms with Crippen LogP contribution in [0.5, 0.6) is 0 Å². The number of anilines is 3. The quantitative estimate of drug-likeness (QED) is 0.207. The van der Waals surface area contributed by atoms with E-state index in [0.29, 0.717) is 5.69 Å². The second-order valence-corrected chi connectivity index (χ2v) is 13.0. The Morgan fingerprint density at radius 2 is 1.38 bits per heavy atom. The molecule has 0 saturated heterocycles. The summed E-state index contributed by atoms with van der Waals surface area (Å²) in [5.74, 6) is -1.05. The summed E-state index contributed by atoms with van der Waals surface area (Å²) < 4.78 is 67.3. The van der Waals surface area contributed by atoms with Crippen LogP contribution in [0.2, 0.25) is 10.0 Å². The van der Waals surface area contributed by atoms with Crippen molar-refractivity contribution in [2.45, 2.75) is 21.6 Å². The van der Waals surface area contributed by atoms with Crippen LogP contribution in [0.1, 0.15) is 5.56 Å². The summed E-state index contributed by atoms with van der Waals surface area (Å²) in [5, 5.41) is 5.43. The maximum atomic E-state index is 13.3. The number of benzene rings is 4. The highest BCUT2D eigenvalue weighted by Crippen LogP contribution is 2.36. The molecule has 4 rings (SSSR count). The third-order valence-electron chi connectivity index (χ3n) is 5.59. The Balaban J connectivity index is 1.46. The van der Waals surface area contributed by atoms with Crippen molar-refractivity contribution in [3.8, 4) is 0 Å². The van der Waals surface area contributed by atoms with Crippen LogP contribution in [-0.4, -0.2) is 29.3 Å². The van der Waals surface area contributed by atoms with Gasteiger partial charge in [-0.25, -0.2) is 21.2 Å². The third kappa shape index (κ3) is 6.92. The lowest BCUT2D eigenvalue weighted by molar-refractivity contribution is -0.114. The monoisotopic (exact) mass is 621 g/mol. The van der Waals surface area contributed by atoms with Crippen LogP contribution in [0.25, 0.3) is 0 Å². The van der Waals surface area contributed by atoms with Gasteiger partial charge < -0.3 is 10.6 Å². The molecule has 13 heteroatoms. The number of halogens is 3. The van der Waals surface area contributed by atoms with Gasteiger partial charge in [-0.1, -0.05) is 40.9 Å². The summed E-state index contributed by atoms with van der Waals surface area (Å²) in [6.07, 6.45) is 0. The molecule has 1 amide bonds. The smallest absolute Gasteiger partial charge is 0.261 e. The van der Waals surface area contributed by atoms with E-state index in [0.717, 1.165) is 17.7 Å². The van der Waals surface area contributed by atoms with Crippen LogP contribution >= 0.6 is 23.2 Å². The molecule has 0 aliphatic rings.